The van der Waals surface area contributed by atoms with Gasteiger partial charge in [0.05, 0.1) is 0 Å². The number of carbonyl (C=O) groups excluding carboxylic acids is 2. The molecule has 0 radical (unpaired) electrons. The molecule has 2 N–H and O–H groups in total. The van der Waals surface area contributed by atoms with Crippen molar-refractivity contribution >= 4 is 17.9 Å². The summed E-state index contributed by atoms with van der Waals surface area (Å²) in [6.45, 7) is 9.73. The van der Waals surface area contributed by atoms with Gasteiger partial charge in [0.15, 0.2) is 0 Å². The third-order valence-corrected chi connectivity index (χ3v) is 11.3. The van der Waals surface area contributed by atoms with Gasteiger partial charge in [-0.25, -0.2) is 0 Å². The summed E-state index contributed by atoms with van der Waals surface area (Å²) in [6, 6.07) is 0. The zero-order valence-electron chi connectivity index (χ0n) is 22.7. The molecule has 11 atom stereocenters. The molecule has 36 heavy (non-hydrogen) atoms. The van der Waals surface area contributed by atoms with Gasteiger partial charge in [-0.1, -0.05) is 20.8 Å². The summed E-state index contributed by atoms with van der Waals surface area (Å²) in [5.41, 5.74) is 0.127. The molecule has 4 saturated carbocycles. The minimum Gasteiger partial charge on any atom is -0.481 e. The van der Waals surface area contributed by atoms with E-state index in [1.807, 2.05) is 6.92 Å². The second-order valence-electron chi connectivity index (χ2n) is 13.0. The maximum atomic E-state index is 12.2. The molecule has 7 heteroatoms. The number of carboxylic acids is 1. The van der Waals surface area contributed by atoms with Crippen molar-refractivity contribution in [2.75, 3.05) is 6.61 Å². The van der Waals surface area contributed by atoms with E-state index in [4.69, 9.17) is 9.47 Å². The Balaban J connectivity index is 1.62. The molecule has 0 amide bonds. The first-order chi connectivity index (χ1) is 16.9. The van der Waals surface area contributed by atoms with Crippen molar-refractivity contribution in [2.24, 2.45) is 52.3 Å². The number of esters is 2. The van der Waals surface area contributed by atoms with Crippen LogP contribution in [0.25, 0.3) is 0 Å². The second kappa shape index (κ2) is 10.3. The molecule has 0 aromatic rings. The molecule has 4 rings (SSSR count). The maximum absolute atomic E-state index is 12.2. The Hall–Kier alpha value is -1.63. The molecule has 0 aromatic carbocycles. The molecule has 0 heterocycles. The minimum absolute atomic E-state index is 0.00212. The van der Waals surface area contributed by atoms with Gasteiger partial charge in [0.2, 0.25) is 0 Å². The molecule has 0 saturated heterocycles. The monoisotopic (exact) mass is 506 g/mol. The van der Waals surface area contributed by atoms with Crippen molar-refractivity contribution in [1.82, 2.24) is 0 Å². The van der Waals surface area contributed by atoms with E-state index >= 15 is 0 Å². The standard InChI is InChI=1S/C29H46O7/c1-16(12-26(33)34)21(15-30)22-6-7-23-27-24(9-11-29(22,23)5)28(4)10-8-20(35-17(2)31)13-19(28)14-25(27)36-18(3)32/h16,19-25,27,30H,6-15H2,1-5H3,(H,33,34)/t16?,19?,20-,21-,22-,23+,24+,25-,27+,28+,29-/m1/s1. The lowest BCUT2D eigenvalue weighted by Gasteiger charge is -2.63. The Morgan fingerprint density at radius 3 is 2.17 bits per heavy atom. The predicted octanol–water partition coefficient (Wildman–Crippen LogP) is 4.84. The van der Waals surface area contributed by atoms with Crippen LogP contribution < -0.4 is 0 Å². The summed E-state index contributed by atoms with van der Waals surface area (Å²) in [7, 11) is 0. The summed E-state index contributed by atoms with van der Waals surface area (Å²) in [5, 5.41) is 19.8. The molecule has 204 valence electrons. The summed E-state index contributed by atoms with van der Waals surface area (Å²) in [4.78, 5) is 35.3. The average Bonchev–Trinajstić information content (AvgIpc) is 3.11. The largest absolute Gasteiger partial charge is 0.481 e. The van der Waals surface area contributed by atoms with Crippen molar-refractivity contribution in [3.05, 3.63) is 0 Å². The van der Waals surface area contributed by atoms with Gasteiger partial charge < -0.3 is 19.7 Å². The summed E-state index contributed by atoms with van der Waals surface area (Å²) in [5.74, 6) is 0.337. The van der Waals surface area contributed by atoms with E-state index in [2.05, 4.69) is 13.8 Å². The Morgan fingerprint density at radius 2 is 1.56 bits per heavy atom. The van der Waals surface area contributed by atoms with Gasteiger partial charge in [-0.3, -0.25) is 14.4 Å². The third-order valence-electron chi connectivity index (χ3n) is 11.3. The fraction of sp³-hybridized carbons (Fsp3) is 0.897. The molecular weight excluding hydrogens is 460 g/mol. The van der Waals surface area contributed by atoms with E-state index in [-0.39, 0.29) is 71.7 Å². The molecule has 7 nitrogen and oxygen atoms in total. The van der Waals surface area contributed by atoms with Crippen molar-refractivity contribution in [1.29, 1.82) is 0 Å². The summed E-state index contributed by atoms with van der Waals surface area (Å²) in [6.07, 6.45) is 7.57. The first-order valence-corrected chi connectivity index (χ1v) is 14.1. The number of carboxylic acid groups (broad SMARTS) is 1. The Bertz CT molecular complexity index is 857. The van der Waals surface area contributed by atoms with Gasteiger partial charge in [0, 0.05) is 32.8 Å². The number of hydrogen-bond acceptors (Lipinski definition) is 6. The van der Waals surface area contributed by atoms with E-state index in [0.717, 1.165) is 51.4 Å². The average molecular weight is 507 g/mol. The number of hydrogen-bond donors (Lipinski definition) is 2. The number of ether oxygens (including phenoxy) is 2. The van der Waals surface area contributed by atoms with E-state index < -0.39 is 5.97 Å². The van der Waals surface area contributed by atoms with Crippen LogP contribution >= 0.6 is 0 Å². The first kappa shape index (κ1) is 27.4. The van der Waals surface area contributed by atoms with Crippen molar-refractivity contribution in [3.63, 3.8) is 0 Å². The lowest BCUT2D eigenvalue weighted by molar-refractivity contribution is -0.197. The number of aliphatic hydroxyl groups excluding tert-OH is 1. The van der Waals surface area contributed by atoms with E-state index in [1.54, 1.807) is 0 Å². The Morgan fingerprint density at radius 1 is 0.917 bits per heavy atom. The molecule has 0 aromatic heterocycles. The molecule has 0 aliphatic heterocycles. The van der Waals surface area contributed by atoms with Crippen LogP contribution in [0.2, 0.25) is 0 Å². The van der Waals surface area contributed by atoms with Crippen LogP contribution in [0.3, 0.4) is 0 Å². The van der Waals surface area contributed by atoms with Crippen molar-refractivity contribution in [2.45, 2.75) is 105 Å². The van der Waals surface area contributed by atoms with Gasteiger partial charge in [0.1, 0.15) is 12.2 Å². The van der Waals surface area contributed by atoms with Gasteiger partial charge in [-0.2, -0.15) is 0 Å². The van der Waals surface area contributed by atoms with Crippen LogP contribution in [0.1, 0.15) is 92.4 Å². The topological polar surface area (TPSA) is 110 Å². The highest BCUT2D eigenvalue weighted by Gasteiger charge is 2.64. The van der Waals surface area contributed by atoms with Crippen LogP contribution in [-0.4, -0.2) is 46.9 Å². The molecule has 0 bridgehead atoms. The highest BCUT2D eigenvalue weighted by molar-refractivity contribution is 5.67. The number of rotatable bonds is 7. The van der Waals surface area contributed by atoms with Gasteiger partial charge in [0.25, 0.3) is 0 Å². The fourth-order valence-corrected chi connectivity index (χ4v) is 9.71. The SMILES string of the molecule is CC(=O)O[C@@H]1CC[C@@]2(C)C(C1)C[C@@H](OC(C)=O)[C@H]1[C@@H]3CC[C@H]([C@H](CO)C(C)CC(=O)O)[C@@]3(C)CC[C@@H]12. The van der Waals surface area contributed by atoms with Crippen LogP contribution in [0.5, 0.6) is 0 Å². The molecule has 2 unspecified atom stereocenters. The highest BCUT2D eigenvalue weighted by atomic mass is 16.5. The minimum atomic E-state index is -0.810. The van der Waals surface area contributed by atoms with E-state index in [0.29, 0.717) is 17.8 Å². The van der Waals surface area contributed by atoms with Crippen molar-refractivity contribution < 1.29 is 34.1 Å². The van der Waals surface area contributed by atoms with E-state index in [1.165, 1.54) is 13.8 Å². The zero-order valence-corrected chi connectivity index (χ0v) is 22.7. The molecule has 4 aliphatic carbocycles. The molecule has 4 fully saturated rings. The Labute approximate surface area is 215 Å². The third kappa shape index (κ3) is 4.81. The van der Waals surface area contributed by atoms with Crippen LogP contribution in [0, 0.1) is 52.3 Å². The molecule has 0 spiro atoms. The highest BCUT2D eigenvalue weighted by Crippen LogP contribution is 2.69. The number of fused-ring (bicyclic) bond motifs is 5. The number of carbonyl (C=O) groups is 3. The van der Waals surface area contributed by atoms with Gasteiger partial charge in [-0.15, -0.1) is 0 Å². The second-order valence-corrected chi connectivity index (χ2v) is 13.0. The lowest BCUT2D eigenvalue weighted by atomic mass is 9.43. The summed E-state index contributed by atoms with van der Waals surface area (Å²) < 4.78 is 11.7. The van der Waals surface area contributed by atoms with Gasteiger partial charge >= 0.3 is 17.9 Å². The number of aliphatic hydroxyl groups is 1. The van der Waals surface area contributed by atoms with Crippen LogP contribution in [-0.2, 0) is 23.9 Å². The first-order valence-electron chi connectivity index (χ1n) is 14.1. The number of aliphatic carboxylic acids is 1. The quantitative estimate of drug-likeness (QED) is 0.476. The lowest BCUT2D eigenvalue weighted by Crippen LogP contribution is -2.59. The maximum Gasteiger partial charge on any atom is 0.303 e. The smallest absolute Gasteiger partial charge is 0.303 e. The van der Waals surface area contributed by atoms with Crippen LogP contribution in [0.15, 0.2) is 0 Å². The van der Waals surface area contributed by atoms with Crippen molar-refractivity contribution in [3.8, 4) is 0 Å². The zero-order chi connectivity index (χ0) is 26.4. The molecular formula is C29H46O7. The summed E-state index contributed by atoms with van der Waals surface area (Å²) >= 11 is 0. The predicted molar refractivity (Wildman–Crippen MR) is 134 cm³/mol. The Kier molecular flexibility index (Phi) is 7.81. The normalized spacial score (nSPS) is 43.3. The fourth-order valence-electron chi connectivity index (χ4n) is 9.71. The van der Waals surface area contributed by atoms with Crippen LogP contribution in [0.4, 0.5) is 0 Å². The van der Waals surface area contributed by atoms with Gasteiger partial charge in [-0.05, 0) is 97.7 Å². The molecule has 4 aliphatic rings. The van der Waals surface area contributed by atoms with E-state index in [9.17, 15) is 24.6 Å².